The molecular weight excluding hydrogens is 155 g/mol. The maximum atomic E-state index is 3.42. The third kappa shape index (κ3) is 1.62. The van der Waals surface area contributed by atoms with Gasteiger partial charge in [0, 0.05) is 32.7 Å². The zero-order valence-corrected chi connectivity index (χ0v) is 5.96. The molecule has 0 saturated carbocycles. The van der Waals surface area contributed by atoms with Crippen LogP contribution >= 0.6 is 0 Å². The van der Waals surface area contributed by atoms with Crippen molar-refractivity contribution in [3.63, 3.8) is 0 Å². The number of aromatic nitrogens is 3. The summed E-state index contributed by atoms with van der Waals surface area (Å²) in [6, 6.07) is 0. The summed E-state index contributed by atoms with van der Waals surface area (Å²) in [5.41, 5.74) is 0. The second-order valence-corrected chi connectivity index (χ2v) is 0.656. The van der Waals surface area contributed by atoms with Crippen molar-refractivity contribution in [1.82, 2.24) is 15.2 Å². The Kier molecular flexibility index (Phi) is 3.57. The van der Waals surface area contributed by atoms with E-state index < -0.39 is 0 Å². The van der Waals surface area contributed by atoms with E-state index in [0.717, 1.165) is 0 Å². The van der Waals surface area contributed by atoms with Crippen LogP contribution in [0.3, 0.4) is 0 Å². The van der Waals surface area contributed by atoms with Crippen LogP contribution in [0.15, 0.2) is 12.7 Å². The van der Waals surface area contributed by atoms with E-state index in [2.05, 4.69) is 15.2 Å². The van der Waals surface area contributed by atoms with Gasteiger partial charge in [0.2, 0.25) is 0 Å². The standard InChI is InChI=1S/C2H3N3.Y/c1-3-2-5-4-1;/h1-2H,(H,3,4,5);. The molecule has 0 aromatic carbocycles. The van der Waals surface area contributed by atoms with Crippen LogP contribution in [0.25, 0.3) is 0 Å². The average Bonchev–Trinajstić information content (AvgIpc) is 1.76. The molecule has 1 aromatic rings. The minimum Gasteiger partial charge on any atom is -0.334 e. The van der Waals surface area contributed by atoms with Crippen LogP contribution in [-0.2, 0) is 32.7 Å². The molecule has 0 aliphatic rings. The monoisotopic (exact) mass is 158 g/mol. The van der Waals surface area contributed by atoms with Gasteiger partial charge < -0.3 is 4.98 Å². The van der Waals surface area contributed by atoms with Gasteiger partial charge in [-0.15, -0.1) is 10.2 Å². The van der Waals surface area contributed by atoms with Crippen molar-refractivity contribution in [2.75, 3.05) is 0 Å². The fourth-order valence-corrected chi connectivity index (χ4v) is 0.167. The SMILES string of the molecule is [Y].c1nnc[nH]1. The van der Waals surface area contributed by atoms with Crippen molar-refractivity contribution in [3.8, 4) is 0 Å². The zero-order chi connectivity index (χ0) is 3.54. The number of aromatic amines is 1. The Hall–Kier alpha value is 0.244. The predicted molar refractivity (Wildman–Crippen MR) is 16.4 cm³/mol. The van der Waals surface area contributed by atoms with Gasteiger partial charge in [0.15, 0.2) is 0 Å². The van der Waals surface area contributed by atoms with E-state index in [-0.39, 0.29) is 32.7 Å². The fourth-order valence-electron chi connectivity index (χ4n) is 0.167. The van der Waals surface area contributed by atoms with Crippen LogP contribution in [0.5, 0.6) is 0 Å². The summed E-state index contributed by atoms with van der Waals surface area (Å²) in [7, 11) is 0. The Balaban J connectivity index is 0.000000250. The third-order valence-electron chi connectivity index (χ3n) is 0.331. The van der Waals surface area contributed by atoms with Crippen molar-refractivity contribution in [3.05, 3.63) is 12.7 Å². The van der Waals surface area contributed by atoms with Crippen molar-refractivity contribution in [1.29, 1.82) is 0 Å². The molecule has 0 aliphatic heterocycles. The molecule has 0 bridgehead atoms. The van der Waals surface area contributed by atoms with E-state index >= 15 is 0 Å². The molecule has 1 heterocycles. The molecular formula is C2H3N3Y. The van der Waals surface area contributed by atoms with Crippen LogP contribution in [0, 0.1) is 0 Å². The Labute approximate surface area is 60.4 Å². The molecule has 0 atom stereocenters. The molecule has 4 heteroatoms. The summed E-state index contributed by atoms with van der Waals surface area (Å²) >= 11 is 0. The first kappa shape index (κ1) is 6.24. The van der Waals surface area contributed by atoms with Crippen LogP contribution in [0.4, 0.5) is 0 Å². The van der Waals surface area contributed by atoms with Gasteiger partial charge >= 0.3 is 0 Å². The molecule has 0 spiro atoms. The van der Waals surface area contributed by atoms with E-state index in [1.165, 1.54) is 12.7 Å². The molecule has 6 heavy (non-hydrogen) atoms. The summed E-state index contributed by atoms with van der Waals surface area (Å²) in [5, 5.41) is 6.83. The van der Waals surface area contributed by atoms with Gasteiger partial charge in [-0.05, 0) is 0 Å². The molecule has 0 amide bonds. The summed E-state index contributed by atoms with van der Waals surface area (Å²) in [5.74, 6) is 0. The van der Waals surface area contributed by atoms with Crippen molar-refractivity contribution >= 4 is 0 Å². The van der Waals surface area contributed by atoms with Crippen LogP contribution in [0.2, 0.25) is 0 Å². The van der Waals surface area contributed by atoms with Crippen molar-refractivity contribution in [2.24, 2.45) is 0 Å². The maximum Gasteiger partial charge on any atom is 0.116 e. The van der Waals surface area contributed by atoms with E-state index in [9.17, 15) is 0 Å². The number of nitrogens with one attached hydrogen (secondary N) is 1. The number of nitrogens with zero attached hydrogens (tertiary/aromatic N) is 2. The van der Waals surface area contributed by atoms with Gasteiger partial charge in [-0.2, -0.15) is 0 Å². The van der Waals surface area contributed by atoms with E-state index in [0.29, 0.717) is 0 Å². The maximum absolute atomic E-state index is 3.42. The summed E-state index contributed by atoms with van der Waals surface area (Å²) in [4.78, 5) is 2.64. The average molecular weight is 158 g/mol. The largest absolute Gasteiger partial charge is 0.334 e. The molecule has 1 radical (unpaired) electrons. The predicted octanol–water partition coefficient (Wildman–Crippen LogP) is -0.198. The Morgan fingerprint density at radius 1 is 1.17 bits per heavy atom. The Bertz CT molecular complexity index is 65.3. The number of H-pyrrole nitrogens is 1. The molecule has 1 aromatic heterocycles. The molecule has 1 N–H and O–H groups in total. The first-order valence-electron chi connectivity index (χ1n) is 1.29. The van der Waals surface area contributed by atoms with Crippen LogP contribution in [-0.4, -0.2) is 15.2 Å². The minimum atomic E-state index is 0. The van der Waals surface area contributed by atoms with Crippen LogP contribution < -0.4 is 0 Å². The first-order valence-corrected chi connectivity index (χ1v) is 1.29. The van der Waals surface area contributed by atoms with Gasteiger partial charge in [-0.25, -0.2) is 0 Å². The molecule has 0 saturated heterocycles. The number of hydrogen-bond donors (Lipinski definition) is 1. The molecule has 0 fully saturated rings. The molecule has 0 unspecified atom stereocenters. The van der Waals surface area contributed by atoms with Gasteiger partial charge in [-0.3, -0.25) is 0 Å². The van der Waals surface area contributed by atoms with E-state index in [1.54, 1.807) is 0 Å². The molecule has 29 valence electrons. The minimum absolute atomic E-state index is 0. The normalized spacial score (nSPS) is 6.67. The quantitative estimate of drug-likeness (QED) is 0.568. The van der Waals surface area contributed by atoms with Gasteiger partial charge in [0.25, 0.3) is 0 Å². The molecule has 0 aliphatic carbocycles. The second kappa shape index (κ2) is 3.43. The summed E-state index contributed by atoms with van der Waals surface area (Å²) in [6.07, 6.45) is 3.03. The van der Waals surface area contributed by atoms with Gasteiger partial charge in [0.1, 0.15) is 12.7 Å². The van der Waals surface area contributed by atoms with Crippen LogP contribution in [0.1, 0.15) is 0 Å². The van der Waals surface area contributed by atoms with Gasteiger partial charge in [-0.1, -0.05) is 0 Å². The Morgan fingerprint density at radius 2 is 1.67 bits per heavy atom. The van der Waals surface area contributed by atoms with E-state index in [1.807, 2.05) is 0 Å². The fraction of sp³-hybridized carbons (Fsp3) is 0. The van der Waals surface area contributed by atoms with Gasteiger partial charge in [0.05, 0.1) is 0 Å². The van der Waals surface area contributed by atoms with Crippen molar-refractivity contribution in [2.45, 2.75) is 0 Å². The van der Waals surface area contributed by atoms with Crippen molar-refractivity contribution < 1.29 is 32.7 Å². The van der Waals surface area contributed by atoms with E-state index in [4.69, 9.17) is 0 Å². The molecule has 3 nitrogen and oxygen atoms in total. The topological polar surface area (TPSA) is 41.6 Å². The third-order valence-corrected chi connectivity index (χ3v) is 0.331. The summed E-state index contributed by atoms with van der Waals surface area (Å²) < 4.78 is 0. The summed E-state index contributed by atoms with van der Waals surface area (Å²) in [6.45, 7) is 0. The second-order valence-electron chi connectivity index (χ2n) is 0.656. The number of rotatable bonds is 0. The first-order chi connectivity index (χ1) is 2.50. The Morgan fingerprint density at radius 3 is 1.83 bits per heavy atom. The zero-order valence-electron chi connectivity index (χ0n) is 3.13. The smallest absolute Gasteiger partial charge is 0.116 e. The number of hydrogen-bond acceptors (Lipinski definition) is 2. The molecule has 1 rings (SSSR count).